The van der Waals surface area contributed by atoms with Crippen molar-refractivity contribution >= 4 is 45.9 Å². The van der Waals surface area contributed by atoms with E-state index in [4.69, 9.17) is 16.3 Å². The number of esters is 1. The van der Waals surface area contributed by atoms with Crippen molar-refractivity contribution < 1.29 is 23.9 Å². The minimum atomic E-state index is -2.25. The Hall–Kier alpha value is -5.15. The third-order valence-electron chi connectivity index (χ3n) is 7.67. The van der Waals surface area contributed by atoms with Gasteiger partial charge in [-0.2, -0.15) is 0 Å². The number of Topliss-reactive ketones (excluding diaryl/α,β-unsaturated/α-hetero) is 2. The van der Waals surface area contributed by atoms with Crippen LogP contribution in [0, 0.1) is 5.92 Å². The van der Waals surface area contributed by atoms with E-state index in [-0.39, 0.29) is 21.7 Å². The van der Waals surface area contributed by atoms with Gasteiger partial charge in [-0.05, 0) is 68.3 Å². The van der Waals surface area contributed by atoms with Gasteiger partial charge in [-0.1, -0.05) is 55.7 Å². The maximum absolute atomic E-state index is 14.0. The second kappa shape index (κ2) is 12.8. The molecule has 10 heteroatoms. The summed E-state index contributed by atoms with van der Waals surface area (Å²) >= 11 is 6.61. The molecule has 5 rings (SSSR count). The van der Waals surface area contributed by atoms with Crippen LogP contribution >= 0.6 is 11.6 Å². The van der Waals surface area contributed by atoms with Crippen LogP contribution in [0.15, 0.2) is 119 Å². The molecule has 9 nitrogen and oxygen atoms in total. The maximum Gasteiger partial charge on any atom is 0.339 e. The first kappa shape index (κ1) is 31.3. The lowest BCUT2D eigenvalue weighted by Gasteiger charge is -2.35. The highest BCUT2D eigenvalue weighted by Gasteiger charge is 2.53. The predicted molar refractivity (Wildman–Crippen MR) is 171 cm³/mol. The Morgan fingerprint density at radius 1 is 1.09 bits per heavy atom. The fourth-order valence-electron chi connectivity index (χ4n) is 4.90. The van der Waals surface area contributed by atoms with E-state index in [0.717, 1.165) is 12.0 Å². The molecule has 2 aromatic heterocycles. The molecule has 1 amide bonds. The lowest BCUT2D eigenvalue weighted by atomic mass is 9.79. The summed E-state index contributed by atoms with van der Waals surface area (Å²) in [5.74, 6) is -2.60. The first-order valence-electron chi connectivity index (χ1n) is 14.4. The Balaban J connectivity index is 1.51. The van der Waals surface area contributed by atoms with Gasteiger partial charge in [-0.25, -0.2) is 4.79 Å². The van der Waals surface area contributed by atoms with Crippen molar-refractivity contribution in [2.45, 2.75) is 39.7 Å². The van der Waals surface area contributed by atoms with E-state index in [0.29, 0.717) is 28.1 Å². The van der Waals surface area contributed by atoms with Crippen LogP contribution in [0.5, 0.6) is 0 Å². The van der Waals surface area contributed by atoms with E-state index in [1.807, 2.05) is 13.0 Å². The van der Waals surface area contributed by atoms with Crippen molar-refractivity contribution in [2.24, 2.45) is 5.92 Å². The van der Waals surface area contributed by atoms with Crippen LogP contribution < -0.4 is 5.43 Å². The van der Waals surface area contributed by atoms with Gasteiger partial charge in [0.05, 0.1) is 21.8 Å². The van der Waals surface area contributed by atoms with Crippen molar-refractivity contribution in [3.05, 3.63) is 130 Å². The SMILES string of the molecule is CC[C@H](C)/C=C(C)/C=C/C1=CC2=C(Cl)C(=O)[C@](C)(OC(=O)c3ccc4ncccc4c3)C(=O)C2=CN1NC(=O)c1ccncc1. The van der Waals surface area contributed by atoms with Crippen molar-refractivity contribution in [3.8, 4) is 0 Å². The number of nitrogens with zero attached hydrogens (tertiary/aromatic N) is 3. The van der Waals surface area contributed by atoms with E-state index < -0.39 is 29.0 Å². The summed E-state index contributed by atoms with van der Waals surface area (Å²) in [4.78, 5) is 62.2. The van der Waals surface area contributed by atoms with Gasteiger partial charge in [-0.15, -0.1) is 0 Å². The highest BCUT2D eigenvalue weighted by Crippen LogP contribution is 2.39. The number of benzene rings is 1. The molecule has 1 aromatic carbocycles. The van der Waals surface area contributed by atoms with Gasteiger partial charge in [0.1, 0.15) is 0 Å². The number of pyridine rings is 2. The van der Waals surface area contributed by atoms with Crippen molar-refractivity contribution in [2.75, 3.05) is 0 Å². The summed E-state index contributed by atoms with van der Waals surface area (Å²) in [6, 6.07) is 11.4. The third-order valence-corrected chi connectivity index (χ3v) is 8.05. The number of hydrogen-bond donors (Lipinski definition) is 1. The molecule has 2 aliphatic rings. The lowest BCUT2D eigenvalue weighted by Crippen LogP contribution is -2.52. The fourth-order valence-corrected chi connectivity index (χ4v) is 5.24. The molecule has 0 saturated heterocycles. The van der Waals surface area contributed by atoms with Gasteiger partial charge < -0.3 is 4.74 Å². The number of allylic oxidation sites excluding steroid dienone is 6. The van der Waals surface area contributed by atoms with E-state index in [9.17, 15) is 19.2 Å². The average molecular weight is 623 g/mol. The van der Waals surface area contributed by atoms with Crippen LogP contribution in [0.4, 0.5) is 0 Å². The summed E-state index contributed by atoms with van der Waals surface area (Å²) < 4.78 is 5.62. The summed E-state index contributed by atoms with van der Waals surface area (Å²) in [7, 11) is 0. The monoisotopic (exact) mass is 622 g/mol. The van der Waals surface area contributed by atoms with Gasteiger partial charge in [0, 0.05) is 46.9 Å². The largest absolute Gasteiger partial charge is 0.439 e. The molecule has 45 heavy (non-hydrogen) atoms. The average Bonchev–Trinajstić information content (AvgIpc) is 3.05. The second-order valence-corrected chi connectivity index (χ2v) is 11.4. The number of ketones is 2. The van der Waals surface area contributed by atoms with Gasteiger partial charge in [0.25, 0.3) is 5.91 Å². The van der Waals surface area contributed by atoms with Crippen molar-refractivity contribution in [1.82, 2.24) is 20.4 Å². The van der Waals surface area contributed by atoms with Crippen molar-refractivity contribution in [1.29, 1.82) is 0 Å². The number of carbonyl (C=O) groups excluding carboxylic acids is 4. The first-order valence-corrected chi connectivity index (χ1v) is 14.8. The number of nitrogens with one attached hydrogen (secondary N) is 1. The predicted octanol–water partition coefficient (Wildman–Crippen LogP) is 6.17. The molecule has 0 saturated carbocycles. The van der Waals surface area contributed by atoms with E-state index >= 15 is 0 Å². The highest BCUT2D eigenvalue weighted by atomic mass is 35.5. The Morgan fingerprint density at radius 2 is 1.84 bits per heavy atom. The molecule has 3 heterocycles. The fraction of sp³-hybridized carbons (Fsp3) is 0.200. The highest BCUT2D eigenvalue weighted by molar-refractivity contribution is 6.49. The number of halogens is 1. The van der Waals surface area contributed by atoms with Crippen LogP contribution in [0.2, 0.25) is 0 Å². The number of rotatable bonds is 8. The molecule has 0 fully saturated rings. The normalized spacial score (nSPS) is 19.3. The number of fused-ring (bicyclic) bond motifs is 2. The maximum atomic E-state index is 14.0. The summed E-state index contributed by atoms with van der Waals surface area (Å²) in [5, 5.41) is 1.80. The molecule has 1 N–H and O–H groups in total. The van der Waals surface area contributed by atoms with Crippen LogP contribution in [0.3, 0.4) is 0 Å². The molecule has 0 spiro atoms. The summed E-state index contributed by atoms with van der Waals surface area (Å²) in [6.45, 7) is 7.39. The Bertz CT molecular complexity index is 1870. The van der Waals surface area contributed by atoms with Crippen LogP contribution in [-0.4, -0.2) is 44.0 Å². The molecule has 2 atom stereocenters. The Labute approximate surface area is 265 Å². The smallest absolute Gasteiger partial charge is 0.339 e. The van der Waals surface area contributed by atoms with Crippen molar-refractivity contribution in [3.63, 3.8) is 0 Å². The van der Waals surface area contributed by atoms with Gasteiger partial charge in [-0.3, -0.25) is 34.8 Å². The molecule has 1 aliphatic heterocycles. The second-order valence-electron chi connectivity index (χ2n) is 11.0. The molecule has 3 aromatic rings. The van der Waals surface area contributed by atoms with E-state index in [1.54, 1.807) is 54.7 Å². The minimum absolute atomic E-state index is 0.00309. The minimum Gasteiger partial charge on any atom is -0.439 e. The number of ether oxygens (including phenoxy) is 1. The third kappa shape index (κ3) is 6.39. The number of hydrogen-bond acceptors (Lipinski definition) is 8. The first-order chi connectivity index (χ1) is 21.5. The number of amides is 1. The van der Waals surface area contributed by atoms with Gasteiger partial charge in [0.2, 0.25) is 17.2 Å². The molecular formula is C35H31ClN4O5. The van der Waals surface area contributed by atoms with Gasteiger partial charge in [0.15, 0.2) is 0 Å². The molecule has 0 bridgehead atoms. The Morgan fingerprint density at radius 3 is 2.58 bits per heavy atom. The Kier molecular flexibility index (Phi) is 8.92. The molecule has 0 radical (unpaired) electrons. The lowest BCUT2D eigenvalue weighted by molar-refractivity contribution is -0.145. The van der Waals surface area contributed by atoms with E-state index in [2.05, 4.69) is 35.3 Å². The molecule has 228 valence electrons. The van der Waals surface area contributed by atoms with Crippen LogP contribution in [-0.2, 0) is 14.3 Å². The number of aromatic nitrogens is 2. The molecular weight excluding hydrogens is 592 g/mol. The summed E-state index contributed by atoms with van der Waals surface area (Å²) in [6.07, 6.45) is 14.3. The number of hydrazine groups is 1. The zero-order valence-corrected chi connectivity index (χ0v) is 26.0. The zero-order valence-electron chi connectivity index (χ0n) is 25.2. The van der Waals surface area contributed by atoms with E-state index in [1.165, 1.54) is 36.6 Å². The topological polar surface area (TPSA) is 119 Å². The molecule has 0 unspecified atom stereocenters. The van der Waals surface area contributed by atoms with Gasteiger partial charge >= 0.3 is 5.97 Å². The molecule has 1 aliphatic carbocycles. The quantitative estimate of drug-likeness (QED) is 0.180. The van der Waals surface area contributed by atoms with Crippen LogP contribution in [0.1, 0.15) is 54.8 Å². The van der Waals surface area contributed by atoms with Crippen LogP contribution in [0.25, 0.3) is 10.9 Å². The zero-order chi connectivity index (χ0) is 32.3. The standard InChI is InChI=1S/C35H31ClN4O5/c1-5-21(2)17-22(3)8-10-26-19-27-28(20-40(26)39-33(43)23-12-15-37-16-13-23)31(41)35(4,32(42)30(27)36)45-34(44)25-9-11-29-24(18-25)7-6-14-38-29/h6-21H,5H2,1-4H3,(H,39,43)/b10-8+,22-17+/t21-,35+/m0/s1. The summed E-state index contributed by atoms with van der Waals surface area (Å²) in [5.41, 5.74) is 3.28. The number of carbonyl (C=O) groups is 4.